The fourth-order valence-electron chi connectivity index (χ4n) is 3.28. The van der Waals surface area contributed by atoms with Gasteiger partial charge in [0.15, 0.2) is 0 Å². The van der Waals surface area contributed by atoms with Gasteiger partial charge in [-0.1, -0.05) is 65.3 Å². The average molecular weight is 423 g/mol. The van der Waals surface area contributed by atoms with Gasteiger partial charge in [0.2, 0.25) is 12.0 Å². The third-order valence-electron chi connectivity index (χ3n) is 5.12. The van der Waals surface area contributed by atoms with Crippen molar-refractivity contribution in [2.45, 2.75) is 31.9 Å². The number of carbonyl (C=O) groups is 2. The summed E-state index contributed by atoms with van der Waals surface area (Å²) in [4.78, 5) is 33.0. The molecule has 0 aliphatic carbocycles. The van der Waals surface area contributed by atoms with Gasteiger partial charge in [-0.3, -0.25) is 9.59 Å². The van der Waals surface area contributed by atoms with E-state index in [-0.39, 0.29) is 11.8 Å². The maximum absolute atomic E-state index is 12.9. The van der Waals surface area contributed by atoms with Crippen LogP contribution in [-0.2, 0) is 20.8 Å². The van der Waals surface area contributed by atoms with Crippen molar-refractivity contribution < 1.29 is 14.4 Å². The fourth-order valence-corrected chi connectivity index (χ4v) is 3.28. The lowest BCUT2D eigenvalue weighted by atomic mass is 10.0. The first kappa shape index (κ1) is 22.5. The molecule has 164 valence electrons. The Bertz CT molecular complexity index is 910. The molecular weight excluding hydrogens is 392 g/mol. The van der Waals surface area contributed by atoms with Crippen LogP contribution in [0.25, 0.3) is 0 Å². The van der Waals surface area contributed by atoms with Crippen molar-refractivity contribution in [2.75, 3.05) is 27.2 Å². The fraction of sp³-hybridized carbons (Fsp3) is 0.375. The summed E-state index contributed by atoms with van der Waals surface area (Å²) in [6.45, 7) is 3.24. The Labute approximate surface area is 183 Å². The van der Waals surface area contributed by atoms with Gasteiger partial charge in [0.25, 0.3) is 5.91 Å². The number of hydrogen-bond donors (Lipinski definition) is 2. The van der Waals surface area contributed by atoms with Gasteiger partial charge in [-0.2, -0.15) is 0 Å². The number of aryl methyl sites for hydroxylation is 1. The second-order valence-corrected chi connectivity index (χ2v) is 8.05. The topological polar surface area (TPSA) is 83.0 Å². The molecule has 7 nitrogen and oxygen atoms in total. The van der Waals surface area contributed by atoms with Crippen LogP contribution < -0.4 is 10.6 Å². The zero-order valence-electron chi connectivity index (χ0n) is 18.3. The van der Waals surface area contributed by atoms with E-state index in [2.05, 4.69) is 15.8 Å². The standard InChI is InChI=1S/C24H30N4O3/c1-17-9-11-19(12-10-17)20-16-22(31-27-20)24(30)26-21(15-18-7-5-4-6-8-18)23(29)25-13-14-28(2)3/h4-12,21-22H,13-16H2,1-3H3,(H,25,29)(H,26,30)/t21-,22+/m0/s1. The normalized spacial score (nSPS) is 16.4. The molecule has 2 aromatic rings. The molecule has 0 radical (unpaired) electrons. The highest BCUT2D eigenvalue weighted by Gasteiger charge is 2.32. The van der Waals surface area contributed by atoms with Crippen molar-refractivity contribution in [3.63, 3.8) is 0 Å². The van der Waals surface area contributed by atoms with E-state index in [9.17, 15) is 9.59 Å². The molecule has 0 unspecified atom stereocenters. The van der Waals surface area contributed by atoms with Crippen LogP contribution in [0.2, 0.25) is 0 Å². The van der Waals surface area contributed by atoms with Crippen molar-refractivity contribution >= 4 is 17.5 Å². The minimum Gasteiger partial charge on any atom is -0.382 e. The SMILES string of the molecule is Cc1ccc(C2=NO[C@@H](C(=O)N[C@@H](Cc3ccccc3)C(=O)NCCN(C)C)C2)cc1. The van der Waals surface area contributed by atoms with Gasteiger partial charge in [0, 0.05) is 25.9 Å². The number of amides is 2. The summed E-state index contributed by atoms with van der Waals surface area (Å²) in [5.74, 6) is -0.550. The van der Waals surface area contributed by atoms with Crippen LogP contribution in [0.1, 0.15) is 23.1 Å². The zero-order chi connectivity index (χ0) is 22.2. The van der Waals surface area contributed by atoms with Crippen LogP contribution >= 0.6 is 0 Å². The molecule has 0 spiro atoms. The highest BCUT2D eigenvalue weighted by atomic mass is 16.6. The van der Waals surface area contributed by atoms with Gasteiger partial charge >= 0.3 is 0 Å². The van der Waals surface area contributed by atoms with Gasteiger partial charge in [0.05, 0.1) is 5.71 Å². The smallest absolute Gasteiger partial charge is 0.265 e. The second kappa shape index (κ2) is 10.7. The van der Waals surface area contributed by atoms with Crippen LogP contribution in [0.4, 0.5) is 0 Å². The summed E-state index contributed by atoms with van der Waals surface area (Å²) in [6, 6.07) is 16.9. The van der Waals surface area contributed by atoms with Gasteiger partial charge in [-0.15, -0.1) is 0 Å². The summed E-state index contributed by atoms with van der Waals surface area (Å²) < 4.78 is 0. The quantitative estimate of drug-likeness (QED) is 0.647. The molecule has 3 rings (SSSR count). The molecule has 0 fully saturated rings. The second-order valence-electron chi connectivity index (χ2n) is 8.05. The molecule has 0 saturated heterocycles. The Morgan fingerprint density at radius 3 is 2.52 bits per heavy atom. The Morgan fingerprint density at radius 2 is 1.84 bits per heavy atom. The Kier molecular flexibility index (Phi) is 7.78. The molecule has 1 aliphatic rings. The monoisotopic (exact) mass is 422 g/mol. The number of hydrogen-bond acceptors (Lipinski definition) is 5. The first-order chi connectivity index (χ1) is 14.9. The Balaban J connectivity index is 1.62. The Morgan fingerprint density at radius 1 is 1.13 bits per heavy atom. The predicted molar refractivity (Wildman–Crippen MR) is 121 cm³/mol. The number of likely N-dealkylation sites (N-methyl/N-ethyl adjacent to an activating group) is 1. The summed E-state index contributed by atoms with van der Waals surface area (Å²) in [6.07, 6.45) is 0.0256. The predicted octanol–water partition coefficient (Wildman–Crippen LogP) is 1.89. The molecule has 2 amide bonds. The van der Waals surface area contributed by atoms with Gasteiger partial charge < -0.3 is 20.4 Å². The molecule has 2 N–H and O–H groups in total. The highest BCUT2D eigenvalue weighted by molar-refractivity contribution is 6.04. The first-order valence-electron chi connectivity index (χ1n) is 10.5. The molecule has 7 heteroatoms. The van der Waals surface area contributed by atoms with E-state index in [0.717, 1.165) is 28.9 Å². The van der Waals surface area contributed by atoms with Crippen LogP contribution in [0.5, 0.6) is 0 Å². The van der Waals surface area contributed by atoms with E-state index in [4.69, 9.17) is 4.84 Å². The van der Waals surface area contributed by atoms with Crippen molar-refractivity contribution in [1.29, 1.82) is 0 Å². The number of nitrogens with one attached hydrogen (secondary N) is 2. The average Bonchev–Trinajstić information content (AvgIpc) is 3.24. The van der Waals surface area contributed by atoms with E-state index in [1.807, 2.05) is 80.5 Å². The summed E-state index contributed by atoms with van der Waals surface area (Å²) in [5, 5.41) is 9.86. The largest absolute Gasteiger partial charge is 0.382 e. The van der Waals surface area contributed by atoms with Crippen LogP contribution in [0.15, 0.2) is 59.8 Å². The molecule has 1 heterocycles. The van der Waals surface area contributed by atoms with Gasteiger partial charge in [-0.25, -0.2) is 0 Å². The minimum absolute atomic E-state index is 0.211. The van der Waals surface area contributed by atoms with E-state index in [0.29, 0.717) is 19.4 Å². The lowest BCUT2D eigenvalue weighted by molar-refractivity contribution is -0.135. The van der Waals surface area contributed by atoms with Crippen LogP contribution in [0, 0.1) is 6.92 Å². The van der Waals surface area contributed by atoms with Gasteiger partial charge in [-0.05, 0) is 32.1 Å². The van der Waals surface area contributed by atoms with Crippen molar-refractivity contribution in [3.8, 4) is 0 Å². The summed E-state index contributed by atoms with van der Waals surface area (Å²) in [7, 11) is 3.89. The Hall–Kier alpha value is -3.19. The maximum Gasteiger partial charge on any atom is 0.265 e. The van der Waals surface area contributed by atoms with Crippen molar-refractivity contribution in [3.05, 3.63) is 71.3 Å². The van der Waals surface area contributed by atoms with Crippen molar-refractivity contribution in [1.82, 2.24) is 15.5 Å². The first-order valence-corrected chi connectivity index (χ1v) is 10.5. The maximum atomic E-state index is 12.9. The number of carbonyl (C=O) groups excluding carboxylic acids is 2. The van der Waals surface area contributed by atoms with Gasteiger partial charge in [0.1, 0.15) is 6.04 Å². The number of rotatable bonds is 9. The number of benzene rings is 2. The molecule has 0 saturated carbocycles. The zero-order valence-corrected chi connectivity index (χ0v) is 18.3. The molecule has 2 aromatic carbocycles. The minimum atomic E-state index is -0.746. The number of nitrogens with zero attached hydrogens (tertiary/aromatic N) is 2. The molecule has 2 atom stereocenters. The van der Waals surface area contributed by atoms with Crippen LogP contribution in [0.3, 0.4) is 0 Å². The molecule has 0 bridgehead atoms. The third kappa shape index (κ3) is 6.65. The van der Waals surface area contributed by atoms with Crippen LogP contribution in [-0.4, -0.2) is 61.8 Å². The van der Waals surface area contributed by atoms with E-state index in [1.54, 1.807) is 0 Å². The molecule has 31 heavy (non-hydrogen) atoms. The lowest BCUT2D eigenvalue weighted by Crippen LogP contribution is -2.51. The van der Waals surface area contributed by atoms with E-state index in [1.165, 1.54) is 0 Å². The summed E-state index contributed by atoms with van der Waals surface area (Å²) >= 11 is 0. The highest BCUT2D eigenvalue weighted by Crippen LogP contribution is 2.18. The molecule has 1 aliphatic heterocycles. The summed E-state index contributed by atoms with van der Waals surface area (Å²) in [5.41, 5.74) is 3.79. The molecule has 0 aromatic heterocycles. The molecular formula is C24H30N4O3. The van der Waals surface area contributed by atoms with Crippen molar-refractivity contribution in [2.24, 2.45) is 5.16 Å². The van der Waals surface area contributed by atoms with E-state index < -0.39 is 12.1 Å². The number of oxime groups is 1. The lowest BCUT2D eigenvalue weighted by Gasteiger charge is -2.20. The third-order valence-corrected chi connectivity index (χ3v) is 5.12. The van der Waals surface area contributed by atoms with E-state index >= 15 is 0 Å².